The Morgan fingerprint density at radius 1 is 1.25 bits per heavy atom. The molecule has 2 aromatic rings. The fourth-order valence-corrected chi connectivity index (χ4v) is 2.27. The van der Waals surface area contributed by atoms with E-state index in [1.54, 1.807) is 30.2 Å². The van der Waals surface area contributed by atoms with Gasteiger partial charge in [0.2, 0.25) is 0 Å². The van der Waals surface area contributed by atoms with Gasteiger partial charge in [-0.3, -0.25) is 4.98 Å². The highest BCUT2D eigenvalue weighted by Crippen LogP contribution is 2.26. The average Bonchev–Trinajstić information content (AvgIpc) is 2.29. The quantitative estimate of drug-likeness (QED) is 0.785. The molecule has 0 atom stereocenters. The van der Waals surface area contributed by atoms with Gasteiger partial charge in [-0.05, 0) is 12.1 Å². The van der Waals surface area contributed by atoms with Crippen LogP contribution in [0, 0.1) is 0 Å². The first-order valence-electron chi connectivity index (χ1n) is 4.89. The zero-order valence-electron chi connectivity index (χ0n) is 8.72. The van der Waals surface area contributed by atoms with Crippen molar-refractivity contribution in [2.24, 2.45) is 0 Å². The van der Waals surface area contributed by atoms with Gasteiger partial charge >= 0.3 is 0 Å². The van der Waals surface area contributed by atoms with Crippen molar-refractivity contribution in [1.82, 2.24) is 15.0 Å². The molecule has 0 radical (unpaired) electrons. The SMILES string of the molecule is CCc1nc(Cl)cc(Sc2ccncc2)n1. The van der Waals surface area contributed by atoms with Crippen LogP contribution in [0.1, 0.15) is 12.7 Å². The summed E-state index contributed by atoms with van der Waals surface area (Å²) in [6, 6.07) is 5.64. The highest BCUT2D eigenvalue weighted by molar-refractivity contribution is 7.99. The Hall–Kier alpha value is -1.13. The van der Waals surface area contributed by atoms with Crippen molar-refractivity contribution >= 4 is 23.4 Å². The number of hydrogen-bond acceptors (Lipinski definition) is 4. The molecule has 0 aliphatic heterocycles. The number of pyridine rings is 1. The van der Waals surface area contributed by atoms with Crippen LogP contribution >= 0.6 is 23.4 Å². The minimum Gasteiger partial charge on any atom is -0.265 e. The summed E-state index contributed by atoms with van der Waals surface area (Å²) in [5.74, 6) is 0.768. The standard InChI is InChI=1S/C11H10ClN3S/c1-2-10-14-9(12)7-11(15-10)16-8-3-5-13-6-4-8/h3-7H,2H2,1H3. The lowest BCUT2D eigenvalue weighted by atomic mass is 10.4. The number of hydrogen-bond donors (Lipinski definition) is 0. The highest BCUT2D eigenvalue weighted by atomic mass is 35.5. The normalized spacial score (nSPS) is 10.4. The Morgan fingerprint density at radius 3 is 2.69 bits per heavy atom. The van der Waals surface area contributed by atoms with E-state index >= 15 is 0 Å². The van der Waals surface area contributed by atoms with Gasteiger partial charge in [-0.25, -0.2) is 9.97 Å². The monoisotopic (exact) mass is 251 g/mol. The molecule has 2 aromatic heterocycles. The van der Waals surface area contributed by atoms with Crippen LogP contribution in [0.15, 0.2) is 40.5 Å². The predicted octanol–water partition coefficient (Wildman–Crippen LogP) is 3.24. The summed E-state index contributed by atoms with van der Waals surface area (Å²) >= 11 is 7.47. The molecular formula is C11H10ClN3S. The van der Waals surface area contributed by atoms with Crippen LogP contribution in [0.2, 0.25) is 5.15 Å². The molecular weight excluding hydrogens is 242 g/mol. The van der Waals surface area contributed by atoms with E-state index in [2.05, 4.69) is 15.0 Å². The number of aromatic nitrogens is 3. The zero-order valence-corrected chi connectivity index (χ0v) is 10.3. The van der Waals surface area contributed by atoms with Crippen molar-refractivity contribution in [1.29, 1.82) is 0 Å². The third-order valence-electron chi connectivity index (χ3n) is 1.91. The molecule has 0 aromatic carbocycles. The van der Waals surface area contributed by atoms with Crippen LogP contribution in [0.4, 0.5) is 0 Å². The summed E-state index contributed by atoms with van der Waals surface area (Å²) < 4.78 is 0. The first kappa shape index (κ1) is 11.4. The molecule has 16 heavy (non-hydrogen) atoms. The van der Waals surface area contributed by atoms with Gasteiger partial charge in [0.25, 0.3) is 0 Å². The second kappa shape index (κ2) is 5.27. The fraction of sp³-hybridized carbons (Fsp3) is 0.182. The smallest absolute Gasteiger partial charge is 0.133 e. The lowest BCUT2D eigenvalue weighted by molar-refractivity contribution is 0.889. The van der Waals surface area contributed by atoms with Crippen LogP contribution < -0.4 is 0 Å². The summed E-state index contributed by atoms with van der Waals surface area (Å²) in [5, 5.41) is 1.35. The third kappa shape index (κ3) is 2.93. The van der Waals surface area contributed by atoms with E-state index in [1.165, 1.54) is 0 Å². The molecule has 0 aliphatic carbocycles. The lowest BCUT2D eigenvalue weighted by Crippen LogP contribution is -1.94. The van der Waals surface area contributed by atoms with Gasteiger partial charge in [0.15, 0.2) is 0 Å². The molecule has 82 valence electrons. The Morgan fingerprint density at radius 2 is 2.00 bits per heavy atom. The van der Waals surface area contributed by atoms with Crippen molar-refractivity contribution < 1.29 is 0 Å². The van der Waals surface area contributed by atoms with Crippen LogP contribution in [0.3, 0.4) is 0 Å². The predicted molar refractivity (Wildman–Crippen MR) is 64.8 cm³/mol. The maximum Gasteiger partial charge on any atom is 0.133 e. The van der Waals surface area contributed by atoms with Crippen molar-refractivity contribution in [2.75, 3.05) is 0 Å². The van der Waals surface area contributed by atoms with Gasteiger partial charge in [0.05, 0.1) is 0 Å². The number of rotatable bonds is 3. The molecule has 0 fully saturated rings. The topological polar surface area (TPSA) is 38.7 Å². The van der Waals surface area contributed by atoms with Crippen molar-refractivity contribution in [2.45, 2.75) is 23.3 Å². The van der Waals surface area contributed by atoms with Gasteiger partial charge in [-0.2, -0.15) is 0 Å². The van der Waals surface area contributed by atoms with E-state index in [0.717, 1.165) is 22.2 Å². The van der Waals surface area contributed by atoms with Crippen LogP contribution in [-0.2, 0) is 6.42 Å². The maximum atomic E-state index is 5.92. The van der Waals surface area contributed by atoms with Gasteiger partial charge in [-0.15, -0.1) is 0 Å². The summed E-state index contributed by atoms with van der Waals surface area (Å²) in [7, 11) is 0. The minimum atomic E-state index is 0.489. The van der Waals surface area contributed by atoms with Crippen LogP contribution in [-0.4, -0.2) is 15.0 Å². The highest BCUT2D eigenvalue weighted by Gasteiger charge is 2.03. The van der Waals surface area contributed by atoms with E-state index in [9.17, 15) is 0 Å². The van der Waals surface area contributed by atoms with Gasteiger partial charge < -0.3 is 0 Å². The van der Waals surface area contributed by atoms with E-state index in [0.29, 0.717) is 5.15 Å². The largest absolute Gasteiger partial charge is 0.265 e. The number of halogens is 1. The molecule has 2 rings (SSSR count). The van der Waals surface area contributed by atoms with Crippen molar-refractivity contribution in [3.8, 4) is 0 Å². The second-order valence-electron chi connectivity index (χ2n) is 3.08. The molecule has 0 aliphatic rings. The van der Waals surface area contributed by atoms with Gasteiger partial charge in [0, 0.05) is 29.8 Å². The van der Waals surface area contributed by atoms with Crippen molar-refractivity contribution in [3.63, 3.8) is 0 Å². The van der Waals surface area contributed by atoms with Gasteiger partial charge in [0.1, 0.15) is 16.0 Å². The van der Waals surface area contributed by atoms with E-state index < -0.39 is 0 Å². The molecule has 0 amide bonds. The summed E-state index contributed by atoms with van der Waals surface area (Å²) in [6.07, 6.45) is 4.29. The van der Waals surface area contributed by atoms with Crippen molar-refractivity contribution in [3.05, 3.63) is 41.6 Å². The average molecular weight is 252 g/mol. The van der Waals surface area contributed by atoms with E-state index in [-0.39, 0.29) is 0 Å². The molecule has 0 bridgehead atoms. The first-order valence-corrected chi connectivity index (χ1v) is 6.08. The van der Waals surface area contributed by atoms with E-state index in [4.69, 9.17) is 11.6 Å². The molecule has 3 nitrogen and oxygen atoms in total. The summed E-state index contributed by atoms with van der Waals surface area (Å²) in [6.45, 7) is 2.01. The Bertz CT molecular complexity index is 476. The Kier molecular flexibility index (Phi) is 3.74. The molecule has 0 unspecified atom stereocenters. The third-order valence-corrected chi connectivity index (χ3v) is 3.03. The molecule has 0 saturated heterocycles. The molecule has 0 N–H and O–H groups in total. The molecule has 2 heterocycles. The fourth-order valence-electron chi connectivity index (χ4n) is 1.18. The minimum absolute atomic E-state index is 0.489. The van der Waals surface area contributed by atoms with E-state index in [1.807, 2.05) is 19.1 Å². The molecule has 5 heteroatoms. The van der Waals surface area contributed by atoms with Crippen LogP contribution in [0.25, 0.3) is 0 Å². The van der Waals surface area contributed by atoms with Crippen LogP contribution in [0.5, 0.6) is 0 Å². The number of aryl methyl sites for hydroxylation is 1. The second-order valence-corrected chi connectivity index (χ2v) is 4.56. The molecule has 0 spiro atoms. The zero-order chi connectivity index (χ0) is 11.4. The molecule has 0 saturated carbocycles. The first-order chi connectivity index (χ1) is 7.78. The van der Waals surface area contributed by atoms with Gasteiger partial charge in [-0.1, -0.05) is 30.3 Å². The maximum absolute atomic E-state index is 5.92. The Balaban J connectivity index is 2.24. The summed E-state index contributed by atoms with van der Waals surface area (Å²) in [4.78, 5) is 13.6. The number of nitrogens with zero attached hydrogens (tertiary/aromatic N) is 3. The summed E-state index contributed by atoms with van der Waals surface area (Å²) in [5.41, 5.74) is 0. The Labute approximate surface area is 103 Å². The lowest BCUT2D eigenvalue weighted by Gasteiger charge is -2.03.